The van der Waals surface area contributed by atoms with Crippen LogP contribution in [-0.4, -0.2) is 42.2 Å². The van der Waals surface area contributed by atoms with Crippen molar-refractivity contribution in [2.24, 2.45) is 4.99 Å². The highest BCUT2D eigenvalue weighted by molar-refractivity contribution is 9.10. The number of benzene rings is 3. The zero-order chi connectivity index (χ0) is 27.7. The van der Waals surface area contributed by atoms with Gasteiger partial charge in [-0.05, 0) is 54.4 Å². The minimum absolute atomic E-state index is 0.0715. The summed E-state index contributed by atoms with van der Waals surface area (Å²) in [4.78, 5) is 18.7. The number of hydrogen-bond acceptors (Lipinski definition) is 6. The number of nitrogens with one attached hydrogen (secondary N) is 2. The molecule has 0 aliphatic carbocycles. The minimum atomic E-state index is -1.29. The Bertz CT molecular complexity index is 1320. The Hall–Kier alpha value is -3.17. The number of aliphatic imine (C=N–C) groups is 1. The van der Waals surface area contributed by atoms with Crippen LogP contribution in [0, 0.1) is 0 Å². The van der Waals surface area contributed by atoms with Crippen LogP contribution >= 0.6 is 27.5 Å². The number of rotatable bonds is 13. The van der Waals surface area contributed by atoms with E-state index in [1.165, 1.54) is 0 Å². The van der Waals surface area contributed by atoms with E-state index in [2.05, 4.69) is 33.4 Å². The van der Waals surface area contributed by atoms with Gasteiger partial charge in [-0.15, -0.1) is 6.58 Å². The van der Waals surface area contributed by atoms with Gasteiger partial charge in [0.25, 0.3) is 5.91 Å². The molecule has 0 saturated carbocycles. The molecule has 1 aliphatic heterocycles. The van der Waals surface area contributed by atoms with Gasteiger partial charge in [0.2, 0.25) is 5.90 Å². The highest BCUT2D eigenvalue weighted by Gasteiger charge is 2.53. The molecule has 39 heavy (non-hydrogen) atoms. The number of hydrogen-bond donors (Lipinski definition) is 3. The number of amides is 1. The first kappa shape index (κ1) is 28.8. The van der Waals surface area contributed by atoms with E-state index >= 15 is 0 Å². The van der Waals surface area contributed by atoms with Crippen molar-refractivity contribution in [2.45, 2.75) is 30.9 Å². The average molecular weight is 613 g/mol. The van der Waals surface area contributed by atoms with E-state index in [0.29, 0.717) is 48.2 Å². The van der Waals surface area contributed by atoms with E-state index in [4.69, 9.17) is 31.2 Å². The van der Waals surface area contributed by atoms with Crippen molar-refractivity contribution in [3.05, 3.63) is 112 Å². The van der Waals surface area contributed by atoms with Gasteiger partial charge < -0.3 is 14.6 Å². The number of hydrazine groups is 1. The number of nitrogens with zero attached hydrogens (tertiary/aromatic N) is 1. The lowest BCUT2D eigenvalue weighted by Crippen LogP contribution is -2.52. The second kappa shape index (κ2) is 13.8. The van der Waals surface area contributed by atoms with Crippen molar-refractivity contribution >= 4 is 39.3 Å². The van der Waals surface area contributed by atoms with Crippen molar-refractivity contribution < 1.29 is 19.4 Å². The van der Waals surface area contributed by atoms with Crippen molar-refractivity contribution in [3.63, 3.8) is 0 Å². The second-order valence-electron chi connectivity index (χ2n) is 9.06. The quantitative estimate of drug-likeness (QED) is 0.134. The molecule has 2 atom stereocenters. The zero-order valence-electron chi connectivity index (χ0n) is 21.4. The summed E-state index contributed by atoms with van der Waals surface area (Å²) in [6.07, 6.45) is 2.48. The predicted octanol–water partition coefficient (Wildman–Crippen LogP) is 5.56. The minimum Gasteiger partial charge on any atom is -0.494 e. The highest BCUT2D eigenvalue weighted by atomic mass is 79.9. The third-order valence-electron chi connectivity index (χ3n) is 6.30. The Morgan fingerprint density at radius 2 is 1.97 bits per heavy atom. The van der Waals surface area contributed by atoms with Gasteiger partial charge in [-0.1, -0.05) is 63.9 Å². The van der Waals surface area contributed by atoms with Crippen molar-refractivity contribution in [1.82, 2.24) is 10.9 Å². The summed E-state index contributed by atoms with van der Waals surface area (Å²) in [6, 6.07) is 22.6. The summed E-state index contributed by atoms with van der Waals surface area (Å²) in [5, 5.41) is 9.65. The summed E-state index contributed by atoms with van der Waals surface area (Å²) in [5.41, 5.74) is 7.18. The molecule has 3 aromatic carbocycles. The molecular formula is C30H31BrClN3O4. The third-order valence-corrected chi connectivity index (χ3v) is 7.26. The molecular weight excluding hydrogens is 582 g/mol. The summed E-state index contributed by atoms with van der Waals surface area (Å²) in [7, 11) is 0. The number of aliphatic hydroxyl groups is 1. The van der Waals surface area contributed by atoms with Gasteiger partial charge in [-0.2, -0.15) is 0 Å². The fourth-order valence-corrected chi connectivity index (χ4v) is 5.06. The number of aliphatic hydroxyl groups excluding tert-OH is 1. The van der Waals surface area contributed by atoms with Gasteiger partial charge in [0.05, 0.1) is 6.61 Å². The standard InChI is InChI=1S/C30H31BrClN3O4/c1-2-16-30(29(37)35-33-17-15-21-7-5-8-23(32)20-21)27(25-9-3-4-10-26(25)31)39-28(34-30)22-11-13-24(14-12-22)38-19-6-18-36/h2-5,7-14,20,27,33,36H,1,6,15-19H2,(H,35,37)/t27-,30-/m0/s1. The molecule has 204 valence electrons. The second-order valence-corrected chi connectivity index (χ2v) is 10.4. The Kier molecular flexibility index (Phi) is 10.2. The van der Waals surface area contributed by atoms with Crippen LogP contribution in [0.2, 0.25) is 5.02 Å². The van der Waals surface area contributed by atoms with Crippen LogP contribution in [0.3, 0.4) is 0 Å². The number of carbonyl (C=O) groups excluding carboxylic acids is 1. The lowest BCUT2D eigenvalue weighted by Gasteiger charge is -2.30. The van der Waals surface area contributed by atoms with Crippen LogP contribution in [-0.2, 0) is 16.0 Å². The number of halogens is 2. The van der Waals surface area contributed by atoms with Crippen molar-refractivity contribution in [1.29, 1.82) is 0 Å². The molecule has 0 bridgehead atoms. The Labute approximate surface area is 242 Å². The topological polar surface area (TPSA) is 92.2 Å². The molecule has 0 aromatic heterocycles. The molecule has 0 spiro atoms. The van der Waals surface area contributed by atoms with Crippen molar-refractivity contribution in [2.75, 3.05) is 19.8 Å². The van der Waals surface area contributed by atoms with Crippen molar-refractivity contribution in [3.8, 4) is 5.75 Å². The molecule has 0 saturated heterocycles. The fourth-order valence-electron chi connectivity index (χ4n) is 4.35. The van der Waals surface area contributed by atoms with Gasteiger partial charge >= 0.3 is 0 Å². The lowest BCUT2D eigenvalue weighted by molar-refractivity contribution is -0.129. The van der Waals surface area contributed by atoms with Gasteiger partial charge in [-0.3, -0.25) is 10.2 Å². The van der Waals surface area contributed by atoms with Gasteiger partial charge in [0, 0.05) is 46.6 Å². The fraction of sp³-hybridized carbons (Fsp3) is 0.267. The van der Waals surface area contributed by atoms with Crippen LogP contribution < -0.4 is 15.6 Å². The molecule has 7 nitrogen and oxygen atoms in total. The maximum Gasteiger partial charge on any atom is 0.266 e. The number of ether oxygens (including phenoxy) is 2. The smallest absolute Gasteiger partial charge is 0.266 e. The first-order chi connectivity index (χ1) is 19.0. The van der Waals surface area contributed by atoms with E-state index < -0.39 is 11.6 Å². The molecule has 4 rings (SSSR count). The van der Waals surface area contributed by atoms with E-state index in [0.717, 1.165) is 15.6 Å². The molecule has 9 heteroatoms. The van der Waals surface area contributed by atoms with E-state index in [1.807, 2.05) is 72.8 Å². The third kappa shape index (κ3) is 7.08. The monoisotopic (exact) mass is 611 g/mol. The summed E-state index contributed by atoms with van der Waals surface area (Å²) in [5.74, 6) is 0.703. The molecule has 0 radical (unpaired) electrons. The molecule has 0 fully saturated rings. The molecule has 1 amide bonds. The first-order valence-electron chi connectivity index (χ1n) is 12.7. The highest BCUT2D eigenvalue weighted by Crippen LogP contribution is 2.44. The van der Waals surface area contributed by atoms with E-state index in [1.54, 1.807) is 6.08 Å². The summed E-state index contributed by atoms with van der Waals surface area (Å²) in [6.45, 7) is 4.91. The summed E-state index contributed by atoms with van der Waals surface area (Å²) < 4.78 is 12.9. The van der Waals surface area contributed by atoms with Gasteiger partial charge in [-0.25, -0.2) is 10.4 Å². The van der Waals surface area contributed by atoms with Crippen LogP contribution in [0.4, 0.5) is 0 Å². The maximum atomic E-state index is 13.8. The Balaban J connectivity index is 1.58. The first-order valence-corrected chi connectivity index (χ1v) is 13.9. The number of carbonyl (C=O) groups is 1. The summed E-state index contributed by atoms with van der Waals surface area (Å²) >= 11 is 9.71. The normalized spacial score (nSPS) is 18.2. The maximum absolute atomic E-state index is 13.8. The Morgan fingerprint density at radius 1 is 1.18 bits per heavy atom. The Morgan fingerprint density at radius 3 is 2.69 bits per heavy atom. The largest absolute Gasteiger partial charge is 0.494 e. The van der Waals surface area contributed by atoms with Crippen LogP contribution in [0.15, 0.2) is 94.9 Å². The SMILES string of the molecule is C=CC[C@]1(C(=O)NNCCc2cccc(Cl)c2)N=C(c2ccc(OCCCO)cc2)O[C@H]1c1ccccc1Br. The van der Waals surface area contributed by atoms with Crippen LogP contribution in [0.1, 0.15) is 35.6 Å². The molecule has 1 aliphatic rings. The molecule has 1 heterocycles. The molecule has 3 N–H and O–H groups in total. The van der Waals surface area contributed by atoms with Gasteiger partial charge in [0.15, 0.2) is 11.6 Å². The van der Waals surface area contributed by atoms with E-state index in [9.17, 15) is 4.79 Å². The van der Waals surface area contributed by atoms with Crippen LogP contribution in [0.5, 0.6) is 5.75 Å². The lowest BCUT2D eigenvalue weighted by atomic mass is 9.84. The van der Waals surface area contributed by atoms with Crippen LogP contribution in [0.25, 0.3) is 0 Å². The molecule has 0 unspecified atom stereocenters. The van der Waals surface area contributed by atoms with E-state index in [-0.39, 0.29) is 18.9 Å². The molecule has 3 aromatic rings. The zero-order valence-corrected chi connectivity index (χ0v) is 23.7. The average Bonchev–Trinajstić information content (AvgIpc) is 3.32. The van der Waals surface area contributed by atoms with Gasteiger partial charge in [0.1, 0.15) is 5.75 Å². The predicted molar refractivity (Wildman–Crippen MR) is 157 cm³/mol.